The fourth-order valence-corrected chi connectivity index (χ4v) is 3.55. The van der Waals surface area contributed by atoms with Crippen LogP contribution in [0, 0.1) is 6.92 Å². The van der Waals surface area contributed by atoms with Gasteiger partial charge < -0.3 is 4.90 Å². The molecule has 0 N–H and O–H groups in total. The summed E-state index contributed by atoms with van der Waals surface area (Å²) in [6, 6.07) is 3.13. The first-order valence-corrected chi connectivity index (χ1v) is 8.27. The molecule has 1 atom stereocenters. The Hall–Kier alpha value is -2.02. The van der Waals surface area contributed by atoms with E-state index in [9.17, 15) is 9.59 Å². The molecule has 0 radical (unpaired) electrons. The minimum atomic E-state index is -0.248. The zero-order valence-corrected chi connectivity index (χ0v) is 13.3. The summed E-state index contributed by atoms with van der Waals surface area (Å²) in [5.74, 6) is -0.0694. The maximum atomic E-state index is 12.6. The van der Waals surface area contributed by atoms with Crippen LogP contribution in [-0.4, -0.2) is 32.1 Å². The number of nitrogens with zero attached hydrogens (tertiary/aromatic N) is 4. The Balaban J connectivity index is 1.80. The summed E-state index contributed by atoms with van der Waals surface area (Å²) >= 11 is 1.57. The number of likely N-dealkylation sites (tertiary alicyclic amines) is 1. The molecule has 1 saturated heterocycles. The van der Waals surface area contributed by atoms with Gasteiger partial charge in [-0.2, -0.15) is 5.10 Å². The van der Waals surface area contributed by atoms with Crippen LogP contribution in [0.3, 0.4) is 0 Å². The van der Waals surface area contributed by atoms with E-state index in [2.05, 4.69) is 10.1 Å². The number of aryl methyl sites for hydroxylation is 1. The van der Waals surface area contributed by atoms with Gasteiger partial charge in [-0.1, -0.05) is 0 Å². The zero-order chi connectivity index (χ0) is 15.5. The highest BCUT2D eigenvalue weighted by atomic mass is 32.1. The number of hydrogen-bond donors (Lipinski definition) is 0. The van der Waals surface area contributed by atoms with Crippen molar-refractivity contribution in [2.75, 3.05) is 6.54 Å². The molecule has 3 heterocycles. The Morgan fingerprint density at radius 3 is 3.05 bits per heavy atom. The van der Waals surface area contributed by atoms with E-state index in [-0.39, 0.29) is 24.1 Å². The van der Waals surface area contributed by atoms with Crippen LogP contribution in [-0.2, 0) is 11.3 Å². The molecule has 2 aromatic heterocycles. The third-order valence-electron chi connectivity index (χ3n) is 3.84. The van der Waals surface area contributed by atoms with Crippen molar-refractivity contribution in [3.05, 3.63) is 44.8 Å². The Morgan fingerprint density at radius 2 is 2.27 bits per heavy atom. The molecule has 6 nitrogen and oxygen atoms in total. The lowest BCUT2D eigenvalue weighted by molar-refractivity contribution is -0.136. The van der Waals surface area contributed by atoms with Gasteiger partial charge in [-0.05, 0) is 32.3 Å². The van der Waals surface area contributed by atoms with Crippen molar-refractivity contribution < 1.29 is 4.79 Å². The van der Waals surface area contributed by atoms with Crippen LogP contribution in [0.25, 0.3) is 0 Å². The number of carbonyl (C=O) groups is 1. The molecule has 0 aromatic carbocycles. The molecule has 1 aliphatic heterocycles. The van der Waals surface area contributed by atoms with Crippen molar-refractivity contribution in [2.45, 2.75) is 38.8 Å². The normalized spacial score (nSPS) is 18.4. The molecule has 3 rings (SSSR count). The minimum absolute atomic E-state index is 0.0115. The van der Waals surface area contributed by atoms with Crippen LogP contribution >= 0.6 is 11.3 Å². The zero-order valence-electron chi connectivity index (χ0n) is 12.4. The molecule has 1 aliphatic rings. The summed E-state index contributed by atoms with van der Waals surface area (Å²) in [5.41, 5.74) is 0.476. The Kier molecular flexibility index (Phi) is 4.33. The molecule has 0 bridgehead atoms. The van der Waals surface area contributed by atoms with Gasteiger partial charge >= 0.3 is 0 Å². The Labute approximate surface area is 132 Å². The van der Waals surface area contributed by atoms with Gasteiger partial charge in [0.25, 0.3) is 5.56 Å². The topological polar surface area (TPSA) is 68.1 Å². The highest BCUT2D eigenvalue weighted by Crippen LogP contribution is 2.32. The van der Waals surface area contributed by atoms with Crippen molar-refractivity contribution in [1.82, 2.24) is 19.7 Å². The number of thiazole rings is 1. The predicted molar refractivity (Wildman–Crippen MR) is 83.7 cm³/mol. The summed E-state index contributed by atoms with van der Waals surface area (Å²) in [5, 5.41) is 7.04. The largest absolute Gasteiger partial charge is 0.332 e. The second kappa shape index (κ2) is 6.39. The van der Waals surface area contributed by atoms with E-state index in [1.54, 1.807) is 30.5 Å². The molecule has 1 amide bonds. The second-order valence-corrected chi connectivity index (χ2v) is 6.37. The Bertz CT molecular complexity index is 711. The molecular formula is C15H18N4O2S. The number of hydrogen-bond acceptors (Lipinski definition) is 5. The third kappa shape index (κ3) is 3.09. The van der Waals surface area contributed by atoms with E-state index >= 15 is 0 Å². The van der Waals surface area contributed by atoms with Gasteiger partial charge in [0.1, 0.15) is 11.6 Å². The fourth-order valence-electron chi connectivity index (χ4n) is 2.77. The number of aromatic nitrogens is 3. The van der Waals surface area contributed by atoms with E-state index in [0.717, 1.165) is 30.0 Å². The van der Waals surface area contributed by atoms with Gasteiger partial charge in [-0.3, -0.25) is 9.59 Å². The van der Waals surface area contributed by atoms with Crippen molar-refractivity contribution in [3.63, 3.8) is 0 Å². The lowest BCUT2D eigenvalue weighted by Gasteiger charge is -2.34. The van der Waals surface area contributed by atoms with E-state index in [1.807, 2.05) is 10.3 Å². The number of piperidine rings is 1. The van der Waals surface area contributed by atoms with Crippen LogP contribution in [0.4, 0.5) is 0 Å². The second-order valence-electron chi connectivity index (χ2n) is 5.44. The Morgan fingerprint density at radius 1 is 1.41 bits per heavy atom. The summed E-state index contributed by atoms with van der Waals surface area (Å²) in [4.78, 5) is 30.7. The van der Waals surface area contributed by atoms with Crippen LogP contribution in [0.1, 0.15) is 36.0 Å². The summed E-state index contributed by atoms with van der Waals surface area (Å²) in [6.07, 6.45) is 4.78. The molecule has 1 fully saturated rings. The van der Waals surface area contributed by atoms with Crippen molar-refractivity contribution in [1.29, 1.82) is 0 Å². The van der Waals surface area contributed by atoms with Crippen molar-refractivity contribution >= 4 is 17.2 Å². The maximum Gasteiger partial charge on any atom is 0.267 e. The first kappa shape index (κ1) is 14.9. The predicted octanol–water partition coefficient (Wildman–Crippen LogP) is 1.76. The third-order valence-corrected chi connectivity index (χ3v) is 4.72. The van der Waals surface area contributed by atoms with E-state index in [1.165, 1.54) is 10.7 Å². The first-order valence-electron chi connectivity index (χ1n) is 7.39. The average Bonchev–Trinajstić information content (AvgIpc) is 3.05. The van der Waals surface area contributed by atoms with Crippen molar-refractivity contribution in [3.8, 4) is 0 Å². The molecule has 7 heteroatoms. The molecule has 22 heavy (non-hydrogen) atoms. The molecule has 2 aromatic rings. The van der Waals surface area contributed by atoms with Gasteiger partial charge in [0.15, 0.2) is 0 Å². The van der Waals surface area contributed by atoms with Gasteiger partial charge in [-0.15, -0.1) is 11.3 Å². The molecule has 0 saturated carbocycles. The highest BCUT2D eigenvalue weighted by molar-refractivity contribution is 7.09. The molecule has 0 unspecified atom stereocenters. The average molecular weight is 318 g/mol. The van der Waals surface area contributed by atoms with E-state index in [0.29, 0.717) is 6.54 Å². The van der Waals surface area contributed by atoms with Crippen molar-refractivity contribution in [2.24, 2.45) is 0 Å². The first-order chi connectivity index (χ1) is 10.6. The van der Waals surface area contributed by atoms with Gasteiger partial charge in [0, 0.05) is 24.2 Å². The monoisotopic (exact) mass is 318 g/mol. The highest BCUT2D eigenvalue weighted by Gasteiger charge is 2.29. The summed E-state index contributed by atoms with van der Waals surface area (Å²) in [6.45, 7) is 2.51. The van der Waals surface area contributed by atoms with Gasteiger partial charge in [0.05, 0.1) is 11.7 Å². The molecule has 0 aliphatic carbocycles. The van der Waals surface area contributed by atoms with E-state index in [4.69, 9.17) is 0 Å². The number of carbonyl (C=O) groups excluding carboxylic acids is 1. The standard InChI is InChI=1S/C15H18N4O2S/c1-11-5-6-13(20)19(17-11)10-14(21)18-8-3-2-4-12(18)15-16-7-9-22-15/h5-7,9,12H,2-4,8,10H2,1H3/t12-/m0/s1. The lowest BCUT2D eigenvalue weighted by Crippen LogP contribution is -2.42. The SMILES string of the molecule is Cc1ccc(=O)n(CC(=O)N2CCCC[C@H]2c2nccs2)n1. The number of amides is 1. The quantitative estimate of drug-likeness (QED) is 0.865. The van der Waals surface area contributed by atoms with Crippen LogP contribution in [0.15, 0.2) is 28.5 Å². The molecule has 0 spiro atoms. The van der Waals surface area contributed by atoms with Crippen LogP contribution < -0.4 is 5.56 Å². The van der Waals surface area contributed by atoms with Crippen LogP contribution in [0.5, 0.6) is 0 Å². The van der Waals surface area contributed by atoms with Gasteiger partial charge in [-0.25, -0.2) is 9.67 Å². The minimum Gasteiger partial charge on any atom is -0.332 e. The lowest BCUT2D eigenvalue weighted by atomic mass is 10.0. The maximum absolute atomic E-state index is 12.6. The fraction of sp³-hybridized carbons (Fsp3) is 0.467. The molecular weight excluding hydrogens is 300 g/mol. The smallest absolute Gasteiger partial charge is 0.267 e. The van der Waals surface area contributed by atoms with Crippen LogP contribution in [0.2, 0.25) is 0 Å². The van der Waals surface area contributed by atoms with E-state index < -0.39 is 0 Å². The number of rotatable bonds is 3. The summed E-state index contributed by atoms with van der Waals surface area (Å²) < 4.78 is 1.24. The summed E-state index contributed by atoms with van der Waals surface area (Å²) in [7, 11) is 0. The molecule has 116 valence electrons. The van der Waals surface area contributed by atoms with Gasteiger partial charge in [0.2, 0.25) is 5.91 Å².